The number of rotatable bonds is 6. The van der Waals surface area contributed by atoms with Crippen molar-refractivity contribution in [3.8, 4) is 10.7 Å². The van der Waals surface area contributed by atoms with Crippen molar-refractivity contribution < 1.29 is 9.53 Å². The lowest BCUT2D eigenvalue weighted by atomic mass is 10.2. The molecule has 7 nitrogen and oxygen atoms in total. The van der Waals surface area contributed by atoms with Gasteiger partial charge >= 0.3 is 0 Å². The topological polar surface area (TPSA) is 89.0 Å². The molecule has 1 saturated heterocycles. The predicted octanol–water partition coefficient (Wildman–Crippen LogP) is 3.33. The lowest BCUT2D eigenvalue weighted by molar-refractivity contribution is -0.124. The molecule has 1 unspecified atom stereocenters. The average molecular weight is 381 g/mol. The normalized spacial score (nSPS) is 16.2. The quantitative estimate of drug-likeness (QED) is 0.681. The van der Waals surface area contributed by atoms with Gasteiger partial charge in [0.2, 0.25) is 5.13 Å². The highest BCUT2D eigenvalue weighted by Gasteiger charge is 2.23. The third-order valence-corrected chi connectivity index (χ3v) is 5.07. The molecule has 0 spiro atoms. The number of nitrogens with one attached hydrogen (secondary N) is 2. The molecule has 1 fully saturated rings. The summed E-state index contributed by atoms with van der Waals surface area (Å²) in [6.45, 7) is 1.24. The number of hydrogen-bond acceptors (Lipinski definition) is 7. The molecule has 0 saturated carbocycles. The van der Waals surface area contributed by atoms with Gasteiger partial charge in [-0.1, -0.05) is 29.5 Å². The van der Waals surface area contributed by atoms with Crippen LogP contribution in [0.25, 0.3) is 10.7 Å². The Balaban J connectivity index is 1.36. The molecule has 2 aromatic heterocycles. The summed E-state index contributed by atoms with van der Waals surface area (Å²) in [5.74, 6) is -0.0817. The highest BCUT2D eigenvalue weighted by atomic mass is 32.1. The van der Waals surface area contributed by atoms with Crippen LogP contribution in [0.4, 0.5) is 10.8 Å². The van der Waals surface area contributed by atoms with Gasteiger partial charge in [-0.15, -0.1) is 10.2 Å². The van der Waals surface area contributed by atoms with Gasteiger partial charge in [0.1, 0.15) is 11.8 Å². The summed E-state index contributed by atoms with van der Waals surface area (Å²) in [6, 6.07) is 13.4. The molecule has 138 valence electrons. The molecule has 0 aliphatic carbocycles. The zero-order valence-electron chi connectivity index (χ0n) is 14.6. The van der Waals surface area contributed by atoms with Gasteiger partial charge in [0.05, 0.1) is 0 Å². The van der Waals surface area contributed by atoms with E-state index in [0.29, 0.717) is 13.2 Å². The van der Waals surface area contributed by atoms with Gasteiger partial charge in [-0.3, -0.25) is 9.78 Å². The Hall–Kier alpha value is -2.84. The molecule has 3 aromatic rings. The summed E-state index contributed by atoms with van der Waals surface area (Å²) in [5.41, 5.74) is 2.61. The first-order valence-electron chi connectivity index (χ1n) is 8.78. The largest absolute Gasteiger partial charge is 0.368 e. The Labute approximate surface area is 160 Å². The Morgan fingerprint density at radius 1 is 1.22 bits per heavy atom. The number of benzene rings is 1. The van der Waals surface area contributed by atoms with Crippen LogP contribution in [0.3, 0.4) is 0 Å². The molecular formula is C19H19N5O2S. The van der Waals surface area contributed by atoms with Crippen LogP contribution in [0.1, 0.15) is 18.4 Å². The highest BCUT2D eigenvalue weighted by molar-refractivity contribution is 7.18. The molecular weight excluding hydrogens is 362 g/mol. The molecule has 1 atom stereocenters. The number of carbonyl (C=O) groups excluding carboxylic acids is 1. The Bertz CT molecular complexity index is 909. The molecule has 1 aromatic carbocycles. The Morgan fingerprint density at radius 3 is 3.00 bits per heavy atom. The van der Waals surface area contributed by atoms with Crippen LogP contribution in [-0.2, 0) is 16.1 Å². The van der Waals surface area contributed by atoms with Crippen molar-refractivity contribution in [3.63, 3.8) is 0 Å². The fourth-order valence-corrected chi connectivity index (χ4v) is 3.55. The lowest BCUT2D eigenvalue weighted by Crippen LogP contribution is -2.26. The van der Waals surface area contributed by atoms with Gasteiger partial charge in [0.15, 0.2) is 5.01 Å². The summed E-state index contributed by atoms with van der Waals surface area (Å²) in [5, 5.41) is 16.0. The standard InChI is InChI=1S/C19H19N5O2S/c25-17(16-8-4-10-26-16)22-14-6-3-5-13(11-14)12-21-19-24-23-18(27-19)15-7-1-2-9-20-15/h1-3,5-7,9,11,16H,4,8,10,12H2,(H,21,24)(H,22,25). The van der Waals surface area contributed by atoms with Gasteiger partial charge in [-0.25, -0.2) is 0 Å². The van der Waals surface area contributed by atoms with E-state index in [1.807, 2.05) is 42.5 Å². The molecule has 1 aliphatic rings. The number of anilines is 2. The molecule has 27 heavy (non-hydrogen) atoms. The average Bonchev–Trinajstić information content (AvgIpc) is 3.40. The minimum Gasteiger partial charge on any atom is -0.368 e. The van der Waals surface area contributed by atoms with Crippen molar-refractivity contribution >= 4 is 28.1 Å². The molecule has 0 radical (unpaired) electrons. The monoisotopic (exact) mass is 381 g/mol. The zero-order valence-corrected chi connectivity index (χ0v) is 15.4. The number of ether oxygens (including phenoxy) is 1. The minimum absolute atomic E-state index is 0.0817. The highest BCUT2D eigenvalue weighted by Crippen LogP contribution is 2.25. The maximum atomic E-state index is 12.2. The smallest absolute Gasteiger partial charge is 0.253 e. The van der Waals surface area contributed by atoms with Crippen molar-refractivity contribution in [1.82, 2.24) is 15.2 Å². The molecule has 1 aliphatic heterocycles. The third-order valence-electron chi connectivity index (χ3n) is 4.17. The van der Waals surface area contributed by atoms with E-state index in [0.717, 1.165) is 39.9 Å². The van der Waals surface area contributed by atoms with Crippen molar-refractivity contribution in [1.29, 1.82) is 0 Å². The first kappa shape index (κ1) is 17.6. The fourth-order valence-electron chi connectivity index (χ4n) is 2.83. The second-order valence-electron chi connectivity index (χ2n) is 6.17. The maximum Gasteiger partial charge on any atom is 0.253 e. The van der Waals surface area contributed by atoms with E-state index in [2.05, 4.69) is 25.8 Å². The Kier molecular flexibility index (Phi) is 5.36. The van der Waals surface area contributed by atoms with Crippen LogP contribution in [0.5, 0.6) is 0 Å². The van der Waals surface area contributed by atoms with E-state index in [4.69, 9.17) is 4.74 Å². The maximum absolute atomic E-state index is 12.2. The minimum atomic E-state index is -0.335. The number of hydrogen-bond donors (Lipinski definition) is 2. The van der Waals surface area contributed by atoms with Gasteiger partial charge in [-0.2, -0.15) is 0 Å². The van der Waals surface area contributed by atoms with Crippen LogP contribution < -0.4 is 10.6 Å². The van der Waals surface area contributed by atoms with E-state index < -0.39 is 0 Å². The number of aromatic nitrogens is 3. The van der Waals surface area contributed by atoms with Gasteiger partial charge in [0.25, 0.3) is 5.91 Å². The molecule has 0 bridgehead atoms. The fraction of sp³-hybridized carbons (Fsp3) is 0.263. The van der Waals surface area contributed by atoms with Crippen molar-refractivity contribution in [2.75, 3.05) is 17.2 Å². The van der Waals surface area contributed by atoms with E-state index in [9.17, 15) is 4.79 Å². The van der Waals surface area contributed by atoms with Crippen LogP contribution in [0.15, 0.2) is 48.7 Å². The number of pyridine rings is 1. The molecule has 1 amide bonds. The molecule has 3 heterocycles. The van der Waals surface area contributed by atoms with Crippen LogP contribution in [0.2, 0.25) is 0 Å². The number of nitrogens with zero attached hydrogens (tertiary/aromatic N) is 3. The summed E-state index contributed by atoms with van der Waals surface area (Å²) in [4.78, 5) is 16.5. The van der Waals surface area contributed by atoms with Crippen LogP contribution in [0, 0.1) is 0 Å². The summed E-state index contributed by atoms with van der Waals surface area (Å²) < 4.78 is 5.42. The molecule has 8 heteroatoms. The van der Waals surface area contributed by atoms with Gasteiger partial charge in [-0.05, 0) is 42.7 Å². The second-order valence-corrected chi connectivity index (χ2v) is 7.15. The predicted molar refractivity (Wildman–Crippen MR) is 105 cm³/mol. The van der Waals surface area contributed by atoms with Crippen LogP contribution in [-0.4, -0.2) is 33.8 Å². The van der Waals surface area contributed by atoms with Gasteiger partial charge < -0.3 is 15.4 Å². The summed E-state index contributed by atoms with van der Waals surface area (Å²) in [6.07, 6.45) is 3.12. The number of amides is 1. The van der Waals surface area contributed by atoms with E-state index >= 15 is 0 Å². The van der Waals surface area contributed by atoms with E-state index in [1.165, 1.54) is 11.3 Å². The zero-order chi connectivity index (χ0) is 18.5. The van der Waals surface area contributed by atoms with Crippen molar-refractivity contribution in [2.45, 2.75) is 25.5 Å². The van der Waals surface area contributed by atoms with Crippen molar-refractivity contribution in [3.05, 3.63) is 54.2 Å². The van der Waals surface area contributed by atoms with E-state index in [-0.39, 0.29) is 12.0 Å². The lowest BCUT2D eigenvalue weighted by Gasteiger charge is -2.11. The summed E-state index contributed by atoms with van der Waals surface area (Å²) in [7, 11) is 0. The number of carbonyl (C=O) groups is 1. The Morgan fingerprint density at radius 2 is 2.19 bits per heavy atom. The third kappa shape index (κ3) is 4.47. The SMILES string of the molecule is O=C(Nc1cccc(CNc2nnc(-c3ccccn3)s2)c1)C1CCCO1. The van der Waals surface area contributed by atoms with Crippen molar-refractivity contribution in [2.24, 2.45) is 0 Å². The van der Waals surface area contributed by atoms with Gasteiger partial charge in [0, 0.05) is 25.0 Å². The second kappa shape index (κ2) is 8.24. The van der Waals surface area contributed by atoms with Crippen LogP contribution >= 0.6 is 11.3 Å². The molecule has 2 N–H and O–H groups in total. The summed E-state index contributed by atoms with van der Waals surface area (Å²) >= 11 is 1.45. The first-order chi connectivity index (χ1) is 13.3. The van der Waals surface area contributed by atoms with E-state index in [1.54, 1.807) is 6.20 Å². The molecule has 4 rings (SSSR count). The first-order valence-corrected chi connectivity index (χ1v) is 9.60.